The maximum atomic E-state index is 12.3. The molecule has 0 bridgehead atoms. The van der Waals surface area contributed by atoms with Gasteiger partial charge in [0.05, 0.1) is 18.5 Å². The number of aryl methyl sites for hydroxylation is 3. The van der Waals surface area contributed by atoms with Crippen LogP contribution in [0.25, 0.3) is 11.3 Å². The summed E-state index contributed by atoms with van der Waals surface area (Å²) in [5, 5.41) is 7.27. The van der Waals surface area contributed by atoms with Crippen molar-refractivity contribution in [2.75, 3.05) is 0 Å². The van der Waals surface area contributed by atoms with Gasteiger partial charge in [0.15, 0.2) is 5.69 Å². The number of aromatic nitrogens is 2. The monoisotopic (exact) mass is 329 g/mol. The number of carbonyl (C=O) groups excluding carboxylic acids is 1. The predicted octanol–water partition coefficient (Wildman–Crippen LogP) is 3.77. The van der Waals surface area contributed by atoms with Crippen molar-refractivity contribution in [3.63, 3.8) is 0 Å². The Labute approximate surface area is 138 Å². The predicted molar refractivity (Wildman–Crippen MR) is 90.6 cm³/mol. The lowest BCUT2D eigenvalue weighted by Gasteiger charge is -2.03. The lowest BCUT2D eigenvalue weighted by Crippen LogP contribution is -2.23. The standard InChI is InChI=1S/C17H19N3O2S/c1-4-20-16(14-8-11(2)23-12(14)3)9-15(19-20)17(21)18-10-13-6-5-7-22-13/h5-9H,4,10H2,1-3H3,(H,18,21). The minimum atomic E-state index is -0.195. The molecule has 0 saturated heterocycles. The third-order valence-corrected chi connectivity index (χ3v) is 4.60. The van der Waals surface area contributed by atoms with E-state index in [0.29, 0.717) is 12.2 Å². The second-order valence-corrected chi connectivity index (χ2v) is 6.78. The number of furan rings is 1. The van der Waals surface area contributed by atoms with E-state index in [0.717, 1.165) is 23.6 Å². The summed E-state index contributed by atoms with van der Waals surface area (Å²) >= 11 is 1.76. The summed E-state index contributed by atoms with van der Waals surface area (Å²) < 4.78 is 7.09. The van der Waals surface area contributed by atoms with Crippen molar-refractivity contribution in [1.82, 2.24) is 15.1 Å². The van der Waals surface area contributed by atoms with E-state index in [1.807, 2.05) is 23.7 Å². The zero-order valence-electron chi connectivity index (χ0n) is 13.4. The maximum Gasteiger partial charge on any atom is 0.272 e. The Morgan fingerprint density at radius 1 is 1.39 bits per heavy atom. The van der Waals surface area contributed by atoms with Crippen LogP contribution in [0.5, 0.6) is 0 Å². The molecule has 0 fully saturated rings. The van der Waals surface area contributed by atoms with E-state index < -0.39 is 0 Å². The van der Waals surface area contributed by atoms with Gasteiger partial charge >= 0.3 is 0 Å². The molecule has 3 rings (SSSR count). The minimum Gasteiger partial charge on any atom is -0.467 e. The molecule has 0 atom stereocenters. The highest BCUT2D eigenvalue weighted by Crippen LogP contribution is 2.31. The van der Waals surface area contributed by atoms with Crippen molar-refractivity contribution in [3.8, 4) is 11.3 Å². The molecule has 0 aliphatic rings. The van der Waals surface area contributed by atoms with Gasteiger partial charge in [-0.1, -0.05) is 0 Å². The summed E-state index contributed by atoms with van der Waals surface area (Å²) in [7, 11) is 0. The molecule has 120 valence electrons. The van der Waals surface area contributed by atoms with Gasteiger partial charge in [-0.2, -0.15) is 5.10 Å². The van der Waals surface area contributed by atoms with Crippen molar-refractivity contribution in [1.29, 1.82) is 0 Å². The molecular formula is C17H19N3O2S. The number of carbonyl (C=O) groups is 1. The molecule has 0 aliphatic carbocycles. The first-order valence-electron chi connectivity index (χ1n) is 7.54. The highest BCUT2D eigenvalue weighted by molar-refractivity contribution is 7.12. The van der Waals surface area contributed by atoms with Gasteiger partial charge in [-0.05, 0) is 45.0 Å². The average molecular weight is 329 g/mol. The number of nitrogens with one attached hydrogen (secondary N) is 1. The fourth-order valence-corrected chi connectivity index (χ4v) is 3.48. The molecule has 0 aliphatic heterocycles. The van der Waals surface area contributed by atoms with E-state index in [1.54, 1.807) is 23.7 Å². The molecule has 0 aromatic carbocycles. The second-order valence-electron chi connectivity index (χ2n) is 5.32. The van der Waals surface area contributed by atoms with Crippen LogP contribution in [-0.4, -0.2) is 15.7 Å². The minimum absolute atomic E-state index is 0.195. The summed E-state index contributed by atoms with van der Waals surface area (Å²) in [6.07, 6.45) is 1.59. The van der Waals surface area contributed by atoms with Crippen molar-refractivity contribution >= 4 is 17.2 Å². The van der Waals surface area contributed by atoms with Gasteiger partial charge in [0, 0.05) is 21.9 Å². The second kappa shape index (κ2) is 6.42. The van der Waals surface area contributed by atoms with Gasteiger partial charge < -0.3 is 9.73 Å². The largest absolute Gasteiger partial charge is 0.467 e. The number of rotatable bonds is 5. The molecule has 3 aromatic rings. The van der Waals surface area contributed by atoms with E-state index in [9.17, 15) is 4.79 Å². The quantitative estimate of drug-likeness (QED) is 0.775. The van der Waals surface area contributed by atoms with E-state index in [2.05, 4.69) is 30.3 Å². The maximum absolute atomic E-state index is 12.3. The Balaban J connectivity index is 1.83. The molecule has 0 radical (unpaired) electrons. The molecule has 3 heterocycles. The van der Waals surface area contributed by atoms with Crippen LogP contribution in [0.15, 0.2) is 34.9 Å². The van der Waals surface area contributed by atoms with E-state index in [1.165, 1.54) is 9.75 Å². The van der Waals surface area contributed by atoms with Crippen LogP contribution in [0.1, 0.15) is 32.9 Å². The molecule has 1 N–H and O–H groups in total. The number of thiophene rings is 1. The van der Waals surface area contributed by atoms with Crippen molar-refractivity contribution in [2.45, 2.75) is 33.9 Å². The molecule has 0 saturated carbocycles. The van der Waals surface area contributed by atoms with Crippen LogP contribution < -0.4 is 5.32 Å². The number of hydrogen-bond donors (Lipinski definition) is 1. The third-order valence-electron chi connectivity index (χ3n) is 3.63. The van der Waals surface area contributed by atoms with Gasteiger partial charge in [-0.25, -0.2) is 0 Å². The van der Waals surface area contributed by atoms with Gasteiger partial charge in [0.25, 0.3) is 5.91 Å². The van der Waals surface area contributed by atoms with Crippen molar-refractivity contribution in [3.05, 3.63) is 51.7 Å². The molecule has 3 aromatic heterocycles. The summed E-state index contributed by atoms with van der Waals surface area (Å²) in [4.78, 5) is 14.8. The number of nitrogens with zero attached hydrogens (tertiary/aromatic N) is 2. The zero-order valence-corrected chi connectivity index (χ0v) is 14.2. The van der Waals surface area contributed by atoms with Gasteiger partial charge in [-0.15, -0.1) is 11.3 Å². The van der Waals surface area contributed by atoms with E-state index in [4.69, 9.17) is 4.42 Å². The normalized spacial score (nSPS) is 10.9. The Kier molecular flexibility index (Phi) is 4.34. The van der Waals surface area contributed by atoms with Gasteiger partial charge in [-0.3, -0.25) is 9.48 Å². The Morgan fingerprint density at radius 3 is 2.83 bits per heavy atom. The first-order chi connectivity index (χ1) is 11.1. The third kappa shape index (κ3) is 3.22. The molecule has 0 unspecified atom stereocenters. The Bertz CT molecular complexity index is 815. The smallest absolute Gasteiger partial charge is 0.272 e. The average Bonchev–Trinajstić information content (AvgIpc) is 3.24. The summed E-state index contributed by atoms with van der Waals surface area (Å²) in [6.45, 7) is 7.28. The van der Waals surface area contributed by atoms with Crippen LogP contribution in [-0.2, 0) is 13.1 Å². The molecule has 5 nitrogen and oxygen atoms in total. The van der Waals surface area contributed by atoms with Gasteiger partial charge in [0.2, 0.25) is 0 Å². The number of amides is 1. The van der Waals surface area contributed by atoms with Crippen LogP contribution in [0.3, 0.4) is 0 Å². The fraction of sp³-hybridized carbons (Fsp3) is 0.294. The van der Waals surface area contributed by atoms with Crippen molar-refractivity contribution in [2.24, 2.45) is 0 Å². The zero-order chi connectivity index (χ0) is 16.4. The van der Waals surface area contributed by atoms with Crippen LogP contribution in [0.2, 0.25) is 0 Å². The molecule has 0 spiro atoms. The van der Waals surface area contributed by atoms with E-state index >= 15 is 0 Å². The molecular weight excluding hydrogens is 310 g/mol. The SMILES string of the molecule is CCn1nc(C(=O)NCc2ccco2)cc1-c1cc(C)sc1C. The van der Waals surface area contributed by atoms with Crippen molar-refractivity contribution < 1.29 is 9.21 Å². The summed E-state index contributed by atoms with van der Waals surface area (Å²) in [6, 6.07) is 7.63. The first kappa shape index (κ1) is 15.6. The lowest BCUT2D eigenvalue weighted by atomic mass is 10.1. The molecule has 23 heavy (non-hydrogen) atoms. The first-order valence-corrected chi connectivity index (χ1v) is 8.36. The fourth-order valence-electron chi connectivity index (χ4n) is 2.54. The summed E-state index contributed by atoms with van der Waals surface area (Å²) in [5.74, 6) is 0.525. The highest BCUT2D eigenvalue weighted by atomic mass is 32.1. The Hall–Kier alpha value is -2.34. The Morgan fingerprint density at radius 2 is 2.22 bits per heavy atom. The topological polar surface area (TPSA) is 60.1 Å². The lowest BCUT2D eigenvalue weighted by molar-refractivity contribution is 0.0942. The van der Waals surface area contributed by atoms with Crippen LogP contribution in [0, 0.1) is 13.8 Å². The van der Waals surface area contributed by atoms with Crippen LogP contribution >= 0.6 is 11.3 Å². The van der Waals surface area contributed by atoms with Gasteiger partial charge in [0.1, 0.15) is 5.76 Å². The summed E-state index contributed by atoms with van der Waals surface area (Å²) in [5.41, 5.74) is 2.56. The van der Waals surface area contributed by atoms with Crippen LogP contribution in [0.4, 0.5) is 0 Å². The number of hydrogen-bond acceptors (Lipinski definition) is 4. The van der Waals surface area contributed by atoms with E-state index in [-0.39, 0.29) is 5.91 Å². The molecule has 1 amide bonds. The molecule has 6 heteroatoms. The highest BCUT2D eigenvalue weighted by Gasteiger charge is 2.17.